The van der Waals surface area contributed by atoms with Crippen molar-refractivity contribution in [1.29, 1.82) is 0 Å². The second kappa shape index (κ2) is 8.97. The first-order valence-corrected chi connectivity index (χ1v) is 7.05. The fourth-order valence-corrected chi connectivity index (χ4v) is 2.00. The number of urea groups is 1. The SMILES string of the molecule is CCCN(CCO)C(=O)Nc1ccccc1CCC(=O)O. The Labute approximate surface area is 124 Å². The molecule has 1 aromatic rings. The number of carbonyl (C=O) groups is 2. The predicted molar refractivity (Wildman–Crippen MR) is 80.4 cm³/mol. The van der Waals surface area contributed by atoms with Crippen LogP contribution in [0.15, 0.2) is 24.3 Å². The van der Waals surface area contributed by atoms with E-state index < -0.39 is 5.97 Å². The highest BCUT2D eigenvalue weighted by Gasteiger charge is 2.14. The third kappa shape index (κ3) is 5.83. The topological polar surface area (TPSA) is 89.9 Å². The Kier molecular flexibility index (Phi) is 7.25. The first-order valence-electron chi connectivity index (χ1n) is 7.05. The van der Waals surface area contributed by atoms with Crippen LogP contribution < -0.4 is 5.32 Å². The molecule has 1 aromatic carbocycles. The van der Waals surface area contributed by atoms with Crippen molar-refractivity contribution in [2.75, 3.05) is 25.0 Å². The van der Waals surface area contributed by atoms with E-state index in [1.54, 1.807) is 18.2 Å². The number of anilines is 1. The smallest absolute Gasteiger partial charge is 0.321 e. The average Bonchev–Trinajstić information content (AvgIpc) is 2.46. The molecule has 0 heterocycles. The maximum absolute atomic E-state index is 12.2. The number of aliphatic hydroxyl groups is 1. The van der Waals surface area contributed by atoms with Crippen LogP contribution in [0.2, 0.25) is 0 Å². The molecule has 3 N–H and O–H groups in total. The van der Waals surface area contributed by atoms with Crippen LogP contribution in [0.25, 0.3) is 0 Å². The van der Waals surface area contributed by atoms with Crippen LogP contribution in [0, 0.1) is 0 Å². The number of para-hydroxylation sites is 1. The highest BCUT2D eigenvalue weighted by Crippen LogP contribution is 2.17. The van der Waals surface area contributed by atoms with Crippen molar-refractivity contribution in [3.05, 3.63) is 29.8 Å². The number of hydrogen-bond donors (Lipinski definition) is 3. The first kappa shape index (κ1) is 17.0. The average molecular weight is 294 g/mol. The van der Waals surface area contributed by atoms with E-state index in [2.05, 4.69) is 5.32 Å². The third-order valence-electron chi connectivity index (χ3n) is 3.02. The second-order valence-corrected chi connectivity index (χ2v) is 4.69. The summed E-state index contributed by atoms with van der Waals surface area (Å²) in [5.74, 6) is -0.871. The molecule has 0 saturated carbocycles. The van der Waals surface area contributed by atoms with Gasteiger partial charge in [0.05, 0.1) is 6.61 Å². The summed E-state index contributed by atoms with van der Waals surface area (Å²) < 4.78 is 0. The highest BCUT2D eigenvalue weighted by atomic mass is 16.4. The Morgan fingerprint density at radius 2 is 1.95 bits per heavy atom. The molecule has 0 aromatic heterocycles. The van der Waals surface area contributed by atoms with Crippen molar-refractivity contribution < 1.29 is 19.8 Å². The second-order valence-electron chi connectivity index (χ2n) is 4.69. The molecule has 0 aliphatic carbocycles. The van der Waals surface area contributed by atoms with Gasteiger partial charge in [0.2, 0.25) is 0 Å². The van der Waals surface area contributed by atoms with Crippen molar-refractivity contribution in [2.24, 2.45) is 0 Å². The van der Waals surface area contributed by atoms with Gasteiger partial charge in [0.1, 0.15) is 0 Å². The molecule has 0 atom stereocenters. The molecular weight excluding hydrogens is 272 g/mol. The van der Waals surface area contributed by atoms with Crippen molar-refractivity contribution in [2.45, 2.75) is 26.2 Å². The van der Waals surface area contributed by atoms with E-state index in [1.807, 2.05) is 13.0 Å². The lowest BCUT2D eigenvalue weighted by molar-refractivity contribution is -0.136. The van der Waals surface area contributed by atoms with E-state index in [0.29, 0.717) is 18.7 Å². The number of benzene rings is 1. The molecule has 0 aliphatic heterocycles. The van der Waals surface area contributed by atoms with Crippen LogP contribution >= 0.6 is 0 Å². The number of aliphatic hydroxyl groups excluding tert-OH is 1. The molecule has 0 unspecified atom stereocenters. The molecule has 0 spiro atoms. The van der Waals surface area contributed by atoms with Crippen LogP contribution in [0.4, 0.5) is 10.5 Å². The number of carbonyl (C=O) groups excluding carboxylic acids is 1. The summed E-state index contributed by atoms with van der Waals surface area (Å²) in [5.41, 5.74) is 1.40. The first-order chi connectivity index (χ1) is 10.1. The Bertz CT molecular complexity index is 470. The zero-order valence-corrected chi connectivity index (χ0v) is 12.2. The monoisotopic (exact) mass is 294 g/mol. The van der Waals surface area contributed by atoms with E-state index in [4.69, 9.17) is 10.2 Å². The van der Waals surface area contributed by atoms with Crippen LogP contribution in [0.1, 0.15) is 25.3 Å². The highest BCUT2D eigenvalue weighted by molar-refractivity contribution is 5.90. The standard InChI is InChI=1S/C15H22N2O4/c1-2-9-17(10-11-18)15(21)16-13-6-4-3-5-12(13)7-8-14(19)20/h3-6,18H,2,7-11H2,1H3,(H,16,21)(H,19,20). The Morgan fingerprint density at radius 1 is 1.24 bits per heavy atom. The molecule has 1 rings (SSSR count). The molecule has 0 saturated heterocycles. The van der Waals surface area contributed by atoms with E-state index in [1.165, 1.54) is 4.90 Å². The minimum absolute atomic E-state index is 0.0161. The fraction of sp³-hybridized carbons (Fsp3) is 0.467. The van der Waals surface area contributed by atoms with Gasteiger partial charge in [-0.2, -0.15) is 0 Å². The number of nitrogens with one attached hydrogen (secondary N) is 1. The van der Waals surface area contributed by atoms with Gasteiger partial charge in [-0.15, -0.1) is 0 Å². The molecule has 0 radical (unpaired) electrons. The summed E-state index contributed by atoms with van der Waals surface area (Å²) in [5, 5.41) is 20.5. The normalized spacial score (nSPS) is 10.2. The quantitative estimate of drug-likeness (QED) is 0.683. The molecule has 6 heteroatoms. The number of aliphatic carboxylic acids is 1. The number of rotatable bonds is 8. The molecule has 21 heavy (non-hydrogen) atoms. The zero-order chi connectivity index (χ0) is 15.7. The van der Waals surface area contributed by atoms with E-state index in [9.17, 15) is 9.59 Å². The summed E-state index contributed by atoms with van der Waals surface area (Å²) in [6.07, 6.45) is 1.18. The van der Waals surface area contributed by atoms with Gasteiger partial charge in [0.25, 0.3) is 0 Å². The van der Waals surface area contributed by atoms with Crippen molar-refractivity contribution in [3.63, 3.8) is 0 Å². The number of carboxylic acid groups (broad SMARTS) is 1. The maximum Gasteiger partial charge on any atom is 0.321 e. The van der Waals surface area contributed by atoms with E-state index in [-0.39, 0.29) is 25.6 Å². The van der Waals surface area contributed by atoms with Crippen molar-refractivity contribution >= 4 is 17.7 Å². The van der Waals surface area contributed by atoms with Crippen molar-refractivity contribution in [1.82, 2.24) is 4.90 Å². The summed E-state index contributed by atoms with van der Waals surface area (Å²) in [6.45, 7) is 2.70. The van der Waals surface area contributed by atoms with Gasteiger partial charge in [-0.3, -0.25) is 4.79 Å². The molecule has 2 amide bonds. The molecule has 6 nitrogen and oxygen atoms in total. The van der Waals surface area contributed by atoms with E-state index in [0.717, 1.165) is 12.0 Å². The van der Waals surface area contributed by atoms with Crippen LogP contribution in [-0.2, 0) is 11.2 Å². The van der Waals surface area contributed by atoms with Gasteiger partial charge in [0.15, 0.2) is 0 Å². The lowest BCUT2D eigenvalue weighted by atomic mass is 10.1. The predicted octanol–water partition coefficient (Wildman–Crippen LogP) is 1.94. The van der Waals surface area contributed by atoms with E-state index >= 15 is 0 Å². The van der Waals surface area contributed by atoms with Crippen LogP contribution in [-0.4, -0.2) is 46.8 Å². The Hall–Kier alpha value is -2.08. The lowest BCUT2D eigenvalue weighted by Crippen LogP contribution is -2.37. The number of hydrogen-bond acceptors (Lipinski definition) is 3. The Balaban J connectivity index is 2.76. The minimum atomic E-state index is -0.871. The summed E-state index contributed by atoms with van der Waals surface area (Å²) >= 11 is 0. The van der Waals surface area contributed by atoms with Gasteiger partial charge in [-0.1, -0.05) is 25.1 Å². The largest absolute Gasteiger partial charge is 0.481 e. The molecule has 116 valence electrons. The lowest BCUT2D eigenvalue weighted by Gasteiger charge is -2.22. The number of carboxylic acids is 1. The minimum Gasteiger partial charge on any atom is -0.481 e. The molecule has 0 fully saturated rings. The zero-order valence-electron chi connectivity index (χ0n) is 12.2. The van der Waals surface area contributed by atoms with Gasteiger partial charge >= 0.3 is 12.0 Å². The van der Waals surface area contributed by atoms with Crippen LogP contribution in [0.3, 0.4) is 0 Å². The summed E-state index contributed by atoms with van der Waals surface area (Å²) in [4.78, 5) is 24.4. The summed E-state index contributed by atoms with van der Waals surface area (Å²) in [6, 6.07) is 6.86. The molecular formula is C15H22N2O4. The van der Waals surface area contributed by atoms with Gasteiger partial charge in [-0.25, -0.2) is 4.79 Å². The maximum atomic E-state index is 12.2. The van der Waals surface area contributed by atoms with Crippen LogP contribution in [0.5, 0.6) is 0 Å². The number of aryl methyl sites for hydroxylation is 1. The number of amides is 2. The summed E-state index contributed by atoms with van der Waals surface area (Å²) in [7, 11) is 0. The molecule has 0 bridgehead atoms. The van der Waals surface area contributed by atoms with Gasteiger partial charge in [0, 0.05) is 25.2 Å². The molecule has 0 aliphatic rings. The number of nitrogens with zero attached hydrogens (tertiary/aromatic N) is 1. The van der Waals surface area contributed by atoms with Gasteiger partial charge in [-0.05, 0) is 24.5 Å². The van der Waals surface area contributed by atoms with Gasteiger partial charge < -0.3 is 20.4 Å². The third-order valence-corrected chi connectivity index (χ3v) is 3.02. The van der Waals surface area contributed by atoms with Crippen molar-refractivity contribution in [3.8, 4) is 0 Å². The Morgan fingerprint density at radius 3 is 2.57 bits per heavy atom. The fourth-order valence-electron chi connectivity index (χ4n) is 2.00.